The summed E-state index contributed by atoms with van der Waals surface area (Å²) in [5.41, 5.74) is 0. The lowest BCUT2D eigenvalue weighted by Crippen LogP contribution is -2.33. The number of fused-ring (bicyclic) bond motifs is 1. The second-order valence-corrected chi connectivity index (χ2v) is 6.35. The Morgan fingerprint density at radius 1 is 0.867 bits per heavy atom. The lowest BCUT2D eigenvalue weighted by Gasteiger charge is -2.41. The Kier molecular flexibility index (Phi) is 3.42. The van der Waals surface area contributed by atoms with Gasteiger partial charge in [0.05, 0.1) is 0 Å². The molecule has 0 N–H and O–H groups in total. The predicted molar refractivity (Wildman–Crippen MR) is 66.7 cm³/mol. The molecule has 0 radical (unpaired) electrons. The molecule has 6 unspecified atom stereocenters. The second-order valence-electron chi connectivity index (χ2n) is 6.35. The summed E-state index contributed by atoms with van der Waals surface area (Å²) in [5.74, 6) is 6.26. The Bertz CT molecular complexity index is 208. The van der Waals surface area contributed by atoms with Gasteiger partial charge in [-0.05, 0) is 54.8 Å². The largest absolute Gasteiger partial charge is 0.0651 e. The lowest BCUT2D eigenvalue weighted by molar-refractivity contribution is 0.0859. The van der Waals surface area contributed by atoms with E-state index < -0.39 is 0 Å². The van der Waals surface area contributed by atoms with Crippen molar-refractivity contribution in [3.63, 3.8) is 0 Å². The first-order valence-electron chi connectivity index (χ1n) is 7.17. The molecule has 15 heavy (non-hydrogen) atoms. The second kappa shape index (κ2) is 4.47. The van der Waals surface area contributed by atoms with Crippen LogP contribution >= 0.6 is 0 Å². The third-order valence-corrected chi connectivity index (χ3v) is 5.51. The molecule has 0 aliphatic heterocycles. The van der Waals surface area contributed by atoms with Gasteiger partial charge in [0.25, 0.3) is 0 Å². The molecular weight excluding hydrogens is 180 g/mol. The van der Waals surface area contributed by atoms with E-state index in [1.165, 1.54) is 25.7 Å². The Morgan fingerprint density at radius 2 is 1.60 bits per heavy atom. The van der Waals surface area contributed by atoms with Gasteiger partial charge in [0.1, 0.15) is 0 Å². The quantitative estimate of drug-likeness (QED) is 0.615. The summed E-state index contributed by atoms with van der Waals surface area (Å²) in [5, 5.41) is 0. The van der Waals surface area contributed by atoms with Crippen molar-refractivity contribution in [2.75, 3.05) is 0 Å². The van der Waals surface area contributed by atoms with Crippen LogP contribution in [-0.2, 0) is 0 Å². The zero-order chi connectivity index (χ0) is 11.0. The van der Waals surface area contributed by atoms with Crippen LogP contribution in [0.25, 0.3) is 0 Å². The molecule has 88 valence electrons. The fourth-order valence-electron chi connectivity index (χ4n) is 4.76. The van der Waals surface area contributed by atoms with Gasteiger partial charge in [-0.25, -0.2) is 0 Å². The minimum absolute atomic E-state index is 1.01. The van der Waals surface area contributed by atoms with Gasteiger partial charge in [-0.15, -0.1) is 0 Å². The molecule has 0 spiro atoms. The first-order chi connectivity index (χ1) is 7.17. The number of hydrogen-bond donors (Lipinski definition) is 0. The summed E-state index contributed by atoms with van der Waals surface area (Å²) in [4.78, 5) is 0. The van der Waals surface area contributed by atoms with Crippen LogP contribution in [0.3, 0.4) is 0 Å². The topological polar surface area (TPSA) is 0 Å². The van der Waals surface area contributed by atoms with Crippen LogP contribution in [0.15, 0.2) is 0 Å². The molecule has 0 aromatic heterocycles. The molecule has 0 amide bonds. The van der Waals surface area contributed by atoms with E-state index in [4.69, 9.17) is 0 Å². The zero-order valence-corrected chi connectivity index (χ0v) is 11.0. The Hall–Kier alpha value is 0. The van der Waals surface area contributed by atoms with Crippen LogP contribution in [0.5, 0.6) is 0 Å². The van der Waals surface area contributed by atoms with Crippen molar-refractivity contribution < 1.29 is 0 Å². The molecule has 0 bridgehead atoms. The monoisotopic (exact) mass is 208 g/mol. The summed E-state index contributed by atoms with van der Waals surface area (Å²) in [6.07, 6.45) is 7.42. The van der Waals surface area contributed by atoms with E-state index in [0.717, 1.165) is 35.5 Å². The van der Waals surface area contributed by atoms with E-state index in [0.29, 0.717) is 0 Å². The molecule has 2 saturated carbocycles. The SMILES string of the molecule is CCC1CC(CC)C2C(C)CC(C)C2C1. The van der Waals surface area contributed by atoms with Gasteiger partial charge >= 0.3 is 0 Å². The summed E-state index contributed by atoms with van der Waals surface area (Å²) in [6, 6.07) is 0. The molecule has 0 saturated heterocycles. The highest BCUT2D eigenvalue weighted by Crippen LogP contribution is 2.54. The molecule has 0 nitrogen and oxygen atoms in total. The van der Waals surface area contributed by atoms with Gasteiger partial charge in [-0.2, -0.15) is 0 Å². The minimum atomic E-state index is 1.01. The fraction of sp³-hybridized carbons (Fsp3) is 1.00. The van der Waals surface area contributed by atoms with Crippen LogP contribution < -0.4 is 0 Å². The zero-order valence-electron chi connectivity index (χ0n) is 11.0. The van der Waals surface area contributed by atoms with Gasteiger partial charge in [0.15, 0.2) is 0 Å². The Labute approximate surface area is 95.8 Å². The summed E-state index contributed by atoms with van der Waals surface area (Å²) in [6.45, 7) is 9.82. The van der Waals surface area contributed by atoms with Crippen LogP contribution in [-0.4, -0.2) is 0 Å². The van der Waals surface area contributed by atoms with Crippen LogP contribution in [0.1, 0.15) is 59.8 Å². The molecule has 0 heterocycles. The predicted octanol–water partition coefficient (Wildman–Crippen LogP) is 4.74. The highest BCUT2D eigenvalue weighted by Gasteiger charge is 2.46. The summed E-state index contributed by atoms with van der Waals surface area (Å²) in [7, 11) is 0. The maximum atomic E-state index is 2.51. The lowest BCUT2D eigenvalue weighted by atomic mass is 9.64. The highest BCUT2D eigenvalue weighted by molar-refractivity contribution is 4.95. The third kappa shape index (κ3) is 1.97. The van der Waals surface area contributed by atoms with Crippen molar-refractivity contribution in [1.29, 1.82) is 0 Å². The fourth-order valence-corrected chi connectivity index (χ4v) is 4.76. The smallest absolute Gasteiger partial charge is 0.0329 e. The van der Waals surface area contributed by atoms with E-state index in [-0.39, 0.29) is 0 Å². The number of hydrogen-bond acceptors (Lipinski definition) is 0. The average molecular weight is 208 g/mol. The molecule has 2 aliphatic carbocycles. The maximum absolute atomic E-state index is 2.51. The van der Waals surface area contributed by atoms with E-state index in [2.05, 4.69) is 27.7 Å². The standard InChI is InChI=1S/C15H28/c1-5-12-8-13(6-2)15-11(4)7-10(3)14(15)9-12/h10-15H,5-9H2,1-4H3. The Balaban J connectivity index is 2.13. The third-order valence-electron chi connectivity index (χ3n) is 5.51. The van der Waals surface area contributed by atoms with Crippen molar-refractivity contribution in [2.45, 2.75) is 59.8 Å². The summed E-state index contributed by atoms with van der Waals surface area (Å²) >= 11 is 0. The highest BCUT2D eigenvalue weighted by atomic mass is 14.5. The van der Waals surface area contributed by atoms with Crippen molar-refractivity contribution in [1.82, 2.24) is 0 Å². The molecule has 2 rings (SSSR count). The molecule has 0 heteroatoms. The van der Waals surface area contributed by atoms with Gasteiger partial charge in [-0.3, -0.25) is 0 Å². The minimum Gasteiger partial charge on any atom is -0.0651 e. The normalized spacial score (nSPS) is 50.4. The van der Waals surface area contributed by atoms with E-state index in [1.54, 1.807) is 6.42 Å². The first kappa shape index (κ1) is 11.5. The van der Waals surface area contributed by atoms with Gasteiger partial charge < -0.3 is 0 Å². The van der Waals surface area contributed by atoms with Gasteiger partial charge in [0.2, 0.25) is 0 Å². The van der Waals surface area contributed by atoms with Gasteiger partial charge in [0, 0.05) is 0 Å². The number of rotatable bonds is 2. The average Bonchev–Trinajstić information content (AvgIpc) is 2.53. The van der Waals surface area contributed by atoms with Crippen molar-refractivity contribution in [3.8, 4) is 0 Å². The van der Waals surface area contributed by atoms with E-state index in [1.807, 2.05) is 0 Å². The summed E-state index contributed by atoms with van der Waals surface area (Å²) < 4.78 is 0. The molecule has 2 aliphatic rings. The van der Waals surface area contributed by atoms with Crippen molar-refractivity contribution in [3.05, 3.63) is 0 Å². The van der Waals surface area contributed by atoms with Crippen LogP contribution in [0.4, 0.5) is 0 Å². The van der Waals surface area contributed by atoms with E-state index in [9.17, 15) is 0 Å². The first-order valence-corrected chi connectivity index (χ1v) is 7.17. The maximum Gasteiger partial charge on any atom is -0.0329 e. The molecule has 0 aromatic carbocycles. The van der Waals surface area contributed by atoms with Crippen LogP contribution in [0, 0.1) is 35.5 Å². The molecular formula is C15H28. The van der Waals surface area contributed by atoms with Gasteiger partial charge in [-0.1, -0.05) is 40.5 Å². The van der Waals surface area contributed by atoms with Crippen molar-refractivity contribution in [2.24, 2.45) is 35.5 Å². The van der Waals surface area contributed by atoms with Crippen molar-refractivity contribution >= 4 is 0 Å². The molecule has 0 aromatic rings. The van der Waals surface area contributed by atoms with Crippen LogP contribution in [0.2, 0.25) is 0 Å². The molecule has 6 atom stereocenters. The Morgan fingerprint density at radius 3 is 2.20 bits per heavy atom. The molecule has 2 fully saturated rings. The van der Waals surface area contributed by atoms with E-state index >= 15 is 0 Å².